The molecular weight excluding hydrogens is 271 g/mol. The highest BCUT2D eigenvalue weighted by Crippen LogP contribution is 2.34. The molecule has 0 radical (unpaired) electrons. The molecule has 1 saturated heterocycles. The van der Waals surface area contributed by atoms with E-state index in [0.717, 1.165) is 38.4 Å². The normalized spacial score (nSPS) is 17.4. The van der Waals surface area contributed by atoms with Crippen molar-refractivity contribution >= 4 is 11.5 Å². The Morgan fingerprint density at radius 3 is 2.40 bits per heavy atom. The van der Waals surface area contributed by atoms with Crippen LogP contribution in [0, 0.1) is 0 Å². The summed E-state index contributed by atoms with van der Waals surface area (Å²) in [6.45, 7) is 1.61. The molecule has 0 amide bonds. The van der Waals surface area contributed by atoms with Gasteiger partial charge in [-0.15, -0.1) is 0 Å². The maximum Gasteiger partial charge on any atom is 0.417 e. The molecule has 2 rings (SSSR count). The van der Waals surface area contributed by atoms with Crippen molar-refractivity contribution in [1.29, 1.82) is 0 Å². The second-order valence-corrected chi connectivity index (χ2v) is 4.76. The van der Waals surface area contributed by atoms with Crippen LogP contribution in [0.3, 0.4) is 0 Å². The second kappa shape index (κ2) is 5.60. The molecule has 3 N–H and O–H groups in total. The van der Waals surface area contributed by atoms with Crippen LogP contribution in [0.4, 0.5) is 18.9 Å². The average Bonchev–Trinajstić information content (AvgIpc) is 2.45. The summed E-state index contributed by atoms with van der Waals surface area (Å²) in [7, 11) is 0. The van der Waals surface area contributed by atoms with E-state index in [-0.39, 0.29) is 5.56 Å². The van der Waals surface area contributed by atoms with E-state index >= 15 is 0 Å². The van der Waals surface area contributed by atoms with E-state index in [0.29, 0.717) is 5.69 Å². The Morgan fingerprint density at radius 2 is 1.85 bits per heavy atom. The van der Waals surface area contributed by atoms with E-state index in [1.807, 2.05) is 4.90 Å². The van der Waals surface area contributed by atoms with Crippen molar-refractivity contribution in [2.75, 3.05) is 18.0 Å². The molecule has 0 atom stereocenters. The van der Waals surface area contributed by atoms with Crippen molar-refractivity contribution < 1.29 is 18.4 Å². The van der Waals surface area contributed by atoms with Gasteiger partial charge in [-0.3, -0.25) is 0 Å². The van der Waals surface area contributed by atoms with Crippen molar-refractivity contribution in [2.24, 2.45) is 10.9 Å². The molecule has 0 bridgehead atoms. The third kappa shape index (κ3) is 2.97. The number of nitrogens with zero attached hydrogens (tertiary/aromatic N) is 2. The first-order valence-corrected chi connectivity index (χ1v) is 6.37. The van der Waals surface area contributed by atoms with Crippen LogP contribution in [-0.2, 0) is 6.18 Å². The first kappa shape index (κ1) is 14.5. The molecule has 7 heteroatoms. The molecule has 1 aromatic carbocycles. The van der Waals surface area contributed by atoms with Crippen LogP contribution in [0.2, 0.25) is 0 Å². The summed E-state index contributed by atoms with van der Waals surface area (Å²) in [6, 6.07) is 3.75. The number of alkyl halides is 3. The van der Waals surface area contributed by atoms with Crippen LogP contribution in [0.25, 0.3) is 0 Å². The molecule has 0 aliphatic carbocycles. The van der Waals surface area contributed by atoms with Gasteiger partial charge in [0.15, 0.2) is 5.84 Å². The molecule has 1 aliphatic heterocycles. The van der Waals surface area contributed by atoms with E-state index in [9.17, 15) is 13.2 Å². The lowest BCUT2D eigenvalue weighted by atomic mass is 10.0. The number of rotatable bonds is 2. The smallest absolute Gasteiger partial charge is 0.409 e. The summed E-state index contributed by atoms with van der Waals surface area (Å²) >= 11 is 0. The van der Waals surface area contributed by atoms with Crippen molar-refractivity contribution in [3.8, 4) is 0 Å². The minimum atomic E-state index is -4.54. The largest absolute Gasteiger partial charge is 0.417 e. The van der Waals surface area contributed by atoms with Gasteiger partial charge in [0.25, 0.3) is 0 Å². The minimum Gasteiger partial charge on any atom is -0.409 e. The average molecular weight is 287 g/mol. The molecule has 20 heavy (non-hydrogen) atoms. The van der Waals surface area contributed by atoms with E-state index in [2.05, 4.69) is 5.16 Å². The molecule has 0 saturated carbocycles. The number of oxime groups is 1. The number of amidine groups is 1. The Bertz CT molecular complexity index is 508. The van der Waals surface area contributed by atoms with Gasteiger partial charge in [0.2, 0.25) is 0 Å². The molecule has 1 fully saturated rings. The van der Waals surface area contributed by atoms with Crippen LogP contribution in [0.5, 0.6) is 0 Å². The standard InChI is InChI=1S/C13H16F3N3O/c14-13(15,16)11-5-4-9(8-10(11)12(17)18-20)19-6-2-1-3-7-19/h4-5,8,20H,1-3,6-7H2,(H2,17,18). The summed E-state index contributed by atoms with van der Waals surface area (Å²) in [4.78, 5) is 2.01. The van der Waals surface area contributed by atoms with Crippen molar-refractivity contribution in [3.05, 3.63) is 29.3 Å². The summed E-state index contributed by atoms with van der Waals surface area (Å²) < 4.78 is 38.7. The van der Waals surface area contributed by atoms with Crippen LogP contribution in [0.15, 0.2) is 23.4 Å². The molecule has 1 aliphatic rings. The molecule has 1 aromatic rings. The summed E-state index contributed by atoms with van der Waals surface area (Å²) in [6.07, 6.45) is -1.38. The fourth-order valence-electron chi connectivity index (χ4n) is 2.39. The van der Waals surface area contributed by atoms with Gasteiger partial charge < -0.3 is 15.8 Å². The molecule has 0 unspecified atom stereocenters. The second-order valence-electron chi connectivity index (χ2n) is 4.76. The van der Waals surface area contributed by atoms with Crippen molar-refractivity contribution in [2.45, 2.75) is 25.4 Å². The Morgan fingerprint density at radius 1 is 1.20 bits per heavy atom. The van der Waals surface area contributed by atoms with Crippen LogP contribution in [0.1, 0.15) is 30.4 Å². The summed E-state index contributed by atoms with van der Waals surface area (Å²) in [5.74, 6) is -0.531. The Labute approximate surface area is 114 Å². The lowest BCUT2D eigenvalue weighted by Gasteiger charge is -2.29. The van der Waals surface area contributed by atoms with Gasteiger partial charge in [0, 0.05) is 24.3 Å². The molecule has 0 spiro atoms. The lowest BCUT2D eigenvalue weighted by molar-refractivity contribution is -0.137. The van der Waals surface area contributed by atoms with Crippen LogP contribution < -0.4 is 10.6 Å². The first-order valence-electron chi connectivity index (χ1n) is 6.37. The third-order valence-corrected chi connectivity index (χ3v) is 3.41. The maximum absolute atomic E-state index is 12.9. The summed E-state index contributed by atoms with van der Waals surface area (Å²) in [5.41, 5.74) is 4.85. The highest BCUT2D eigenvalue weighted by atomic mass is 19.4. The zero-order chi connectivity index (χ0) is 14.8. The van der Waals surface area contributed by atoms with E-state index in [1.54, 1.807) is 0 Å². The maximum atomic E-state index is 12.9. The monoisotopic (exact) mass is 287 g/mol. The molecule has 110 valence electrons. The summed E-state index contributed by atoms with van der Waals surface area (Å²) in [5, 5.41) is 11.4. The lowest BCUT2D eigenvalue weighted by Crippen LogP contribution is -2.30. The fraction of sp³-hybridized carbons (Fsp3) is 0.462. The van der Waals surface area contributed by atoms with Gasteiger partial charge in [-0.25, -0.2) is 0 Å². The topological polar surface area (TPSA) is 61.9 Å². The predicted molar refractivity (Wildman–Crippen MR) is 70.0 cm³/mol. The quantitative estimate of drug-likeness (QED) is 0.380. The van der Waals surface area contributed by atoms with Crippen molar-refractivity contribution in [1.82, 2.24) is 0 Å². The SMILES string of the molecule is N/C(=N/O)c1cc(N2CCCCC2)ccc1C(F)(F)F. The van der Waals surface area contributed by atoms with Crippen molar-refractivity contribution in [3.63, 3.8) is 0 Å². The number of hydrogen-bond acceptors (Lipinski definition) is 3. The van der Waals surface area contributed by atoms with Gasteiger partial charge in [-0.05, 0) is 37.5 Å². The molecule has 1 heterocycles. The van der Waals surface area contributed by atoms with Crippen LogP contribution >= 0.6 is 0 Å². The molecule has 4 nitrogen and oxygen atoms in total. The number of benzene rings is 1. The molecular formula is C13H16F3N3O. The third-order valence-electron chi connectivity index (χ3n) is 3.41. The number of anilines is 1. The van der Waals surface area contributed by atoms with E-state index in [4.69, 9.17) is 10.9 Å². The zero-order valence-electron chi connectivity index (χ0n) is 10.8. The number of halogens is 3. The van der Waals surface area contributed by atoms with Crippen LogP contribution in [-0.4, -0.2) is 24.1 Å². The molecule has 0 aromatic heterocycles. The minimum absolute atomic E-state index is 0.289. The number of nitrogens with two attached hydrogens (primary N) is 1. The van der Waals surface area contributed by atoms with Gasteiger partial charge in [-0.2, -0.15) is 13.2 Å². The highest BCUT2D eigenvalue weighted by molar-refractivity contribution is 5.99. The first-order chi connectivity index (χ1) is 9.43. The Kier molecular flexibility index (Phi) is 4.06. The number of hydrogen-bond donors (Lipinski definition) is 2. The van der Waals surface area contributed by atoms with Gasteiger partial charge >= 0.3 is 6.18 Å². The highest BCUT2D eigenvalue weighted by Gasteiger charge is 2.34. The van der Waals surface area contributed by atoms with Gasteiger partial charge in [-0.1, -0.05) is 5.16 Å². The Hall–Kier alpha value is -1.92. The van der Waals surface area contributed by atoms with Gasteiger partial charge in [0.05, 0.1) is 5.56 Å². The van der Waals surface area contributed by atoms with Gasteiger partial charge in [0.1, 0.15) is 0 Å². The Balaban J connectivity index is 2.43. The fourth-order valence-corrected chi connectivity index (χ4v) is 2.39. The zero-order valence-corrected chi connectivity index (χ0v) is 10.8. The van der Waals surface area contributed by atoms with E-state index < -0.39 is 17.6 Å². The predicted octanol–water partition coefficient (Wildman–Crippen LogP) is 2.79. The van der Waals surface area contributed by atoms with E-state index in [1.165, 1.54) is 12.1 Å². The number of piperidine rings is 1.